The lowest BCUT2D eigenvalue weighted by Gasteiger charge is -2.12. The highest BCUT2D eigenvalue weighted by molar-refractivity contribution is 7.90. The highest BCUT2D eigenvalue weighted by Crippen LogP contribution is 2.26. The van der Waals surface area contributed by atoms with Gasteiger partial charge in [-0.3, -0.25) is 0 Å². The van der Waals surface area contributed by atoms with Gasteiger partial charge in [0.1, 0.15) is 10.6 Å². The lowest BCUT2D eigenvalue weighted by molar-refractivity contribution is 0.414. The molecule has 3 rings (SSSR count). The van der Waals surface area contributed by atoms with Crippen molar-refractivity contribution in [3.63, 3.8) is 0 Å². The van der Waals surface area contributed by atoms with Gasteiger partial charge in [0.25, 0.3) is 10.0 Å². The van der Waals surface area contributed by atoms with Gasteiger partial charge in [0.05, 0.1) is 13.3 Å². The number of hydrogen-bond donors (Lipinski definition) is 0. The zero-order valence-electron chi connectivity index (χ0n) is 12.7. The van der Waals surface area contributed by atoms with Crippen LogP contribution in [0, 0.1) is 0 Å². The Hall–Kier alpha value is -2.67. The number of sulfonamides is 1. The van der Waals surface area contributed by atoms with Crippen LogP contribution in [-0.4, -0.2) is 39.6 Å². The Balaban J connectivity index is 1.89. The molecule has 0 bridgehead atoms. The van der Waals surface area contributed by atoms with E-state index in [2.05, 4.69) is 9.50 Å². The minimum Gasteiger partial charge on any atom is -0.497 e. The van der Waals surface area contributed by atoms with Gasteiger partial charge in [-0.2, -0.15) is 13.5 Å². The molecule has 0 spiro atoms. The molecule has 0 aliphatic carbocycles. The monoisotopic (exact) mass is 329 g/mol. The minimum absolute atomic E-state index is 0.207. The third kappa shape index (κ3) is 2.95. The summed E-state index contributed by atoms with van der Waals surface area (Å²) < 4.78 is 33.1. The van der Waals surface area contributed by atoms with Crippen LogP contribution in [0.2, 0.25) is 0 Å². The van der Waals surface area contributed by atoms with E-state index in [9.17, 15) is 8.42 Å². The van der Waals surface area contributed by atoms with Gasteiger partial charge in [0, 0.05) is 12.6 Å². The van der Waals surface area contributed by atoms with E-state index in [1.54, 1.807) is 44.6 Å². The van der Waals surface area contributed by atoms with Crippen molar-refractivity contribution in [1.29, 1.82) is 0 Å². The lowest BCUT2D eigenvalue weighted by Crippen LogP contribution is -2.21. The van der Waals surface area contributed by atoms with E-state index in [0.29, 0.717) is 11.4 Å². The van der Waals surface area contributed by atoms with E-state index < -0.39 is 10.0 Å². The predicted octanol–water partition coefficient (Wildman–Crippen LogP) is 2.11. The summed E-state index contributed by atoms with van der Waals surface area (Å²) in [5.74, 6) is 1.03. The van der Waals surface area contributed by atoms with Crippen LogP contribution in [0.4, 0.5) is 0 Å². The molecular weight excluding hydrogens is 314 g/mol. The first-order valence-corrected chi connectivity index (χ1v) is 8.31. The zero-order valence-corrected chi connectivity index (χ0v) is 13.5. The second kappa shape index (κ2) is 5.85. The lowest BCUT2D eigenvalue weighted by atomic mass is 10.2. The van der Waals surface area contributed by atoms with Crippen molar-refractivity contribution in [3.05, 3.63) is 59.7 Å². The normalized spacial score (nSPS) is 15.3. The molecule has 0 radical (unpaired) electrons. The summed E-state index contributed by atoms with van der Waals surface area (Å²) in [5.41, 5.74) is 1.39. The largest absolute Gasteiger partial charge is 0.497 e. The Morgan fingerprint density at radius 1 is 1.17 bits per heavy atom. The van der Waals surface area contributed by atoms with Crippen molar-refractivity contribution < 1.29 is 13.2 Å². The number of hydrazone groups is 1. The van der Waals surface area contributed by atoms with E-state index in [-0.39, 0.29) is 4.90 Å². The SMILES string of the molecule is COc1cccc(/C=N\N(C)C2=NS(=O)(=O)c3ccccc32)c1. The molecule has 0 saturated carbocycles. The van der Waals surface area contributed by atoms with Gasteiger partial charge in [-0.25, -0.2) is 5.01 Å². The summed E-state index contributed by atoms with van der Waals surface area (Å²) in [6, 6.07) is 14.1. The molecule has 0 aromatic heterocycles. The van der Waals surface area contributed by atoms with Crippen LogP contribution < -0.4 is 4.74 Å². The van der Waals surface area contributed by atoms with E-state index >= 15 is 0 Å². The quantitative estimate of drug-likeness (QED) is 0.639. The van der Waals surface area contributed by atoms with Crippen molar-refractivity contribution in [2.75, 3.05) is 14.2 Å². The molecule has 0 amide bonds. The molecule has 23 heavy (non-hydrogen) atoms. The fourth-order valence-corrected chi connectivity index (χ4v) is 3.48. The number of hydrogen-bond acceptors (Lipinski definition) is 5. The minimum atomic E-state index is -3.64. The van der Waals surface area contributed by atoms with Crippen LogP contribution in [-0.2, 0) is 10.0 Å². The van der Waals surface area contributed by atoms with Gasteiger partial charge in [0.15, 0.2) is 5.84 Å². The third-order valence-corrected chi connectivity index (χ3v) is 4.72. The zero-order chi connectivity index (χ0) is 16.4. The summed E-state index contributed by atoms with van der Waals surface area (Å²) in [5, 5.41) is 5.72. The summed E-state index contributed by atoms with van der Waals surface area (Å²) in [7, 11) is -0.386. The summed E-state index contributed by atoms with van der Waals surface area (Å²) in [6.07, 6.45) is 1.62. The van der Waals surface area contributed by atoms with Gasteiger partial charge in [-0.05, 0) is 29.8 Å². The molecule has 1 aliphatic heterocycles. The van der Waals surface area contributed by atoms with Gasteiger partial charge in [0.2, 0.25) is 0 Å². The second-order valence-corrected chi connectivity index (χ2v) is 6.50. The predicted molar refractivity (Wildman–Crippen MR) is 88.5 cm³/mol. The van der Waals surface area contributed by atoms with Crippen LogP contribution in [0.15, 0.2) is 62.9 Å². The summed E-state index contributed by atoms with van der Waals surface area (Å²) >= 11 is 0. The molecule has 0 unspecified atom stereocenters. The number of nitrogens with zero attached hydrogens (tertiary/aromatic N) is 3. The van der Waals surface area contributed by atoms with E-state index in [1.165, 1.54) is 5.01 Å². The average molecular weight is 329 g/mol. The Labute approximate surface area is 134 Å². The van der Waals surface area contributed by atoms with E-state index in [0.717, 1.165) is 11.3 Å². The number of rotatable bonds is 3. The van der Waals surface area contributed by atoms with Gasteiger partial charge in [-0.15, -0.1) is 4.40 Å². The van der Waals surface area contributed by atoms with Crippen LogP contribution in [0.1, 0.15) is 11.1 Å². The molecule has 0 atom stereocenters. The maximum atomic E-state index is 12.0. The molecule has 0 fully saturated rings. The maximum absolute atomic E-state index is 12.0. The first-order chi connectivity index (χ1) is 11.0. The van der Waals surface area contributed by atoms with Crippen molar-refractivity contribution in [2.24, 2.45) is 9.50 Å². The molecule has 1 aliphatic rings. The molecule has 7 heteroatoms. The Morgan fingerprint density at radius 3 is 2.74 bits per heavy atom. The first-order valence-electron chi connectivity index (χ1n) is 6.87. The molecule has 0 saturated heterocycles. The third-order valence-electron chi connectivity index (χ3n) is 3.39. The molecule has 1 heterocycles. The Morgan fingerprint density at radius 2 is 1.96 bits per heavy atom. The summed E-state index contributed by atoms with van der Waals surface area (Å²) in [6.45, 7) is 0. The first kappa shape index (κ1) is 15.2. The Bertz CT molecular complexity index is 904. The number of fused-ring (bicyclic) bond motifs is 1. The van der Waals surface area contributed by atoms with Crippen LogP contribution >= 0.6 is 0 Å². The van der Waals surface area contributed by atoms with Gasteiger partial charge >= 0.3 is 0 Å². The number of benzene rings is 2. The second-order valence-electron chi connectivity index (χ2n) is 4.93. The summed E-state index contributed by atoms with van der Waals surface area (Å²) in [4.78, 5) is 0.207. The molecular formula is C16H15N3O3S. The number of ether oxygens (including phenoxy) is 1. The molecule has 0 N–H and O–H groups in total. The fourth-order valence-electron chi connectivity index (χ4n) is 2.25. The standard InChI is InChI=1S/C16H15N3O3S/c1-19(17-11-12-6-5-7-13(10-12)22-2)16-14-8-3-4-9-15(14)23(20,21)18-16/h3-11H,1-2H3/b17-11-. The molecule has 2 aromatic rings. The van der Waals surface area contributed by atoms with E-state index in [4.69, 9.17) is 4.74 Å². The fraction of sp³-hybridized carbons (Fsp3) is 0.125. The van der Waals surface area contributed by atoms with Crippen molar-refractivity contribution in [3.8, 4) is 5.75 Å². The highest BCUT2D eigenvalue weighted by atomic mass is 32.2. The average Bonchev–Trinajstić information content (AvgIpc) is 2.85. The van der Waals surface area contributed by atoms with Gasteiger partial charge < -0.3 is 4.74 Å². The molecule has 118 valence electrons. The topological polar surface area (TPSA) is 71.3 Å². The highest BCUT2D eigenvalue weighted by Gasteiger charge is 2.30. The number of methoxy groups -OCH3 is 1. The smallest absolute Gasteiger partial charge is 0.285 e. The van der Waals surface area contributed by atoms with Crippen molar-refractivity contribution >= 4 is 22.1 Å². The van der Waals surface area contributed by atoms with Crippen molar-refractivity contribution in [2.45, 2.75) is 4.90 Å². The van der Waals surface area contributed by atoms with Crippen LogP contribution in [0.3, 0.4) is 0 Å². The number of amidine groups is 1. The van der Waals surface area contributed by atoms with Crippen LogP contribution in [0.5, 0.6) is 5.75 Å². The molecule has 2 aromatic carbocycles. The molecule has 6 nitrogen and oxygen atoms in total. The Kier molecular flexibility index (Phi) is 3.87. The van der Waals surface area contributed by atoms with E-state index in [1.807, 2.05) is 24.3 Å². The maximum Gasteiger partial charge on any atom is 0.285 e. The van der Waals surface area contributed by atoms with Crippen LogP contribution in [0.25, 0.3) is 0 Å². The van der Waals surface area contributed by atoms with Crippen molar-refractivity contribution in [1.82, 2.24) is 5.01 Å². The van der Waals surface area contributed by atoms with Gasteiger partial charge in [-0.1, -0.05) is 24.3 Å².